The third kappa shape index (κ3) is 3.21. The maximum atomic E-state index is 14.3. The van der Waals surface area contributed by atoms with E-state index in [9.17, 15) is 24.0 Å². The van der Waals surface area contributed by atoms with Gasteiger partial charge in [-0.2, -0.15) is 0 Å². The second-order valence-electron chi connectivity index (χ2n) is 14.5. The van der Waals surface area contributed by atoms with Crippen LogP contribution in [0.3, 0.4) is 0 Å². The highest BCUT2D eigenvalue weighted by Gasteiger charge is 2.78. The molecule has 11 heteroatoms. The second kappa shape index (κ2) is 8.68. The summed E-state index contributed by atoms with van der Waals surface area (Å²) >= 11 is 1.38. The molecule has 0 amide bonds. The van der Waals surface area contributed by atoms with Crippen molar-refractivity contribution in [2.24, 2.45) is 21.7 Å². The van der Waals surface area contributed by atoms with E-state index in [4.69, 9.17) is 23.4 Å². The highest BCUT2D eigenvalue weighted by molar-refractivity contribution is 7.99. The molecule has 0 N–H and O–H groups in total. The van der Waals surface area contributed by atoms with E-state index >= 15 is 0 Å². The summed E-state index contributed by atoms with van der Waals surface area (Å²) < 4.78 is 29.8. The zero-order chi connectivity index (χ0) is 31.8. The van der Waals surface area contributed by atoms with E-state index in [1.165, 1.54) is 17.8 Å². The Labute approximate surface area is 258 Å². The number of rotatable bonds is 4. The van der Waals surface area contributed by atoms with Crippen molar-refractivity contribution in [3.63, 3.8) is 0 Å². The fourth-order valence-corrected chi connectivity index (χ4v) is 9.42. The third-order valence-electron chi connectivity index (χ3n) is 12.5. The molecule has 4 unspecified atom stereocenters. The summed E-state index contributed by atoms with van der Waals surface area (Å²) in [5.41, 5.74) is -5.70. The van der Waals surface area contributed by atoms with Crippen LogP contribution in [0.15, 0.2) is 32.3 Å². The molecule has 234 valence electrons. The van der Waals surface area contributed by atoms with Crippen LogP contribution >= 0.6 is 11.8 Å². The molecule has 2 aromatic rings. The lowest BCUT2D eigenvalue weighted by molar-refractivity contribution is -0.201. The molecule has 44 heavy (non-hydrogen) atoms. The van der Waals surface area contributed by atoms with E-state index in [0.29, 0.717) is 40.7 Å². The average molecular weight is 625 g/mol. The summed E-state index contributed by atoms with van der Waals surface area (Å²) in [6, 6.07) is 5.09. The van der Waals surface area contributed by atoms with Gasteiger partial charge in [0.1, 0.15) is 5.58 Å². The molecule has 4 heterocycles. The Balaban J connectivity index is 1.32. The quantitative estimate of drug-likeness (QED) is 0.260. The molecule has 4 fully saturated rings. The van der Waals surface area contributed by atoms with Crippen LogP contribution in [0.5, 0.6) is 0 Å². The van der Waals surface area contributed by atoms with E-state index in [-0.39, 0.29) is 17.8 Å². The minimum atomic E-state index is -1.53. The van der Waals surface area contributed by atoms with Crippen LogP contribution in [0.2, 0.25) is 0 Å². The van der Waals surface area contributed by atoms with Gasteiger partial charge in [-0.15, -0.1) is 11.8 Å². The lowest BCUT2D eigenvalue weighted by Gasteiger charge is -2.40. The van der Waals surface area contributed by atoms with Gasteiger partial charge in [-0.05, 0) is 64.2 Å². The smallest absolute Gasteiger partial charge is 0.351 e. The Morgan fingerprint density at radius 3 is 1.86 bits per heavy atom. The zero-order valence-electron chi connectivity index (χ0n) is 25.9. The molecule has 2 saturated carbocycles. The van der Waals surface area contributed by atoms with Gasteiger partial charge in [0.2, 0.25) is 11.2 Å². The van der Waals surface area contributed by atoms with Gasteiger partial charge in [-0.1, -0.05) is 27.7 Å². The van der Waals surface area contributed by atoms with Crippen LogP contribution in [0.25, 0.3) is 11.0 Å². The van der Waals surface area contributed by atoms with Crippen LogP contribution in [0.1, 0.15) is 84.5 Å². The lowest BCUT2D eigenvalue weighted by atomic mass is 9.66. The Kier molecular flexibility index (Phi) is 5.79. The van der Waals surface area contributed by atoms with E-state index < -0.39 is 74.6 Å². The van der Waals surface area contributed by atoms with Crippen LogP contribution in [0, 0.1) is 28.6 Å². The zero-order valence-corrected chi connectivity index (χ0v) is 26.7. The largest absolute Gasteiger partial charge is 0.454 e. The maximum Gasteiger partial charge on any atom is 0.351 e. The van der Waals surface area contributed by atoms with Gasteiger partial charge in [0, 0.05) is 32.9 Å². The van der Waals surface area contributed by atoms with Crippen molar-refractivity contribution < 1.29 is 42.5 Å². The van der Waals surface area contributed by atoms with Gasteiger partial charge in [-0.3, -0.25) is 9.59 Å². The fraction of sp³-hybridized carbons (Fsp3) is 0.606. The lowest BCUT2D eigenvalue weighted by Crippen LogP contribution is -2.52. The van der Waals surface area contributed by atoms with E-state index in [0.717, 1.165) is 0 Å². The summed E-state index contributed by atoms with van der Waals surface area (Å²) in [5.74, 6) is -2.12. The number of ether oxygens (including phenoxy) is 4. The van der Waals surface area contributed by atoms with Crippen LogP contribution in [-0.2, 0) is 38.1 Å². The second-order valence-corrected chi connectivity index (χ2v) is 15.6. The Morgan fingerprint density at radius 1 is 0.818 bits per heavy atom. The summed E-state index contributed by atoms with van der Waals surface area (Å²) in [6.45, 7) is 12.7. The Bertz CT molecular complexity index is 1760. The molecule has 0 radical (unpaired) electrons. The van der Waals surface area contributed by atoms with Crippen molar-refractivity contribution in [1.82, 2.24) is 0 Å². The highest BCUT2D eigenvalue weighted by atomic mass is 32.2. The van der Waals surface area contributed by atoms with Crippen molar-refractivity contribution in [3.8, 4) is 0 Å². The van der Waals surface area contributed by atoms with Gasteiger partial charge >= 0.3 is 29.5 Å². The molecule has 2 saturated heterocycles. The molecule has 1 aromatic carbocycles. The molecule has 6 atom stereocenters. The number of fused-ring (bicyclic) bond motifs is 7. The number of hydrogen-bond donors (Lipinski definition) is 0. The first-order valence-corrected chi connectivity index (χ1v) is 16.0. The molecule has 1 aromatic heterocycles. The van der Waals surface area contributed by atoms with Crippen molar-refractivity contribution in [2.45, 2.75) is 102 Å². The Morgan fingerprint density at radius 2 is 1.36 bits per heavy atom. The summed E-state index contributed by atoms with van der Waals surface area (Å²) in [4.78, 5) is 67.5. The van der Waals surface area contributed by atoms with Gasteiger partial charge in [0.05, 0.1) is 16.4 Å². The number of carbonyl (C=O) groups is 4. The first-order valence-electron chi connectivity index (χ1n) is 15.1. The molecule has 3 aliphatic heterocycles. The highest BCUT2D eigenvalue weighted by Crippen LogP contribution is 2.67. The maximum absolute atomic E-state index is 14.3. The van der Waals surface area contributed by atoms with Gasteiger partial charge < -0.3 is 23.4 Å². The molecular weight excluding hydrogens is 588 g/mol. The minimum absolute atomic E-state index is 0.216. The third-order valence-corrected chi connectivity index (χ3v) is 13.6. The topological polar surface area (TPSA) is 135 Å². The monoisotopic (exact) mass is 624 g/mol. The average Bonchev–Trinajstić information content (AvgIpc) is 3.41. The molecule has 2 aliphatic carbocycles. The number of esters is 4. The van der Waals surface area contributed by atoms with E-state index in [1.54, 1.807) is 13.8 Å². The van der Waals surface area contributed by atoms with Crippen molar-refractivity contribution in [3.05, 3.63) is 39.7 Å². The number of hydrogen-bond acceptors (Lipinski definition) is 11. The first-order chi connectivity index (χ1) is 20.5. The number of aryl methyl sites for hydroxylation is 1. The van der Waals surface area contributed by atoms with E-state index in [2.05, 4.69) is 0 Å². The summed E-state index contributed by atoms with van der Waals surface area (Å²) in [7, 11) is 0. The minimum Gasteiger partial charge on any atom is -0.454 e. The molecule has 4 bridgehead atoms. The SMILES string of the molecule is Cc1cc(=O)oc2c3c(ccc12)SC[C@H](OC(=O)C12CCC(C)(C(=O)O1)C2(C)C)[C@@H]3OC(=O)C12CCC(C)(C(=O)O1)C2(C)C. The standard InChI is InChI=1S/C33H36O10S/c1-16-14-20(34)40-22-17(16)8-9-19-21(22)23(41-27(38)33-13-11-31(7,25(36)43-33)29(33,4)5)18(15-44-19)39-26(37)32-12-10-30(6,24(35)42-32)28(32,2)3/h8-9,14,18,23H,10-13,15H2,1-7H3/t18-,23-,30?,31?,32?,33?/m0/s1. The summed E-state index contributed by atoms with van der Waals surface area (Å²) in [6.07, 6.45) is -0.688. The van der Waals surface area contributed by atoms with Crippen LogP contribution in [-0.4, -0.2) is 46.9 Å². The Hall–Kier alpha value is -3.34. The number of carbonyl (C=O) groups excluding carboxylic acids is 4. The normalized spacial score (nSPS) is 37.4. The number of benzene rings is 1. The number of thioether (sulfide) groups is 1. The van der Waals surface area contributed by atoms with Crippen LogP contribution in [0.4, 0.5) is 0 Å². The molecule has 5 aliphatic rings. The van der Waals surface area contributed by atoms with Crippen molar-refractivity contribution >= 4 is 46.6 Å². The first kappa shape index (κ1) is 29.4. The molecule has 7 rings (SSSR count). The fourth-order valence-electron chi connectivity index (χ4n) is 8.31. The van der Waals surface area contributed by atoms with Crippen molar-refractivity contribution in [1.29, 1.82) is 0 Å². The molecular formula is C33H36O10S. The van der Waals surface area contributed by atoms with Crippen molar-refractivity contribution in [2.75, 3.05) is 5.75 Å². The van der Waals surface area contributed by atoms with Gasteiger partial charge in [0.25, 0.3) is 0 Å². The van der Waals surface area contributed by atoms with E-state index in [1.807, 2.05) is 46.8 Å². The summed E-state index contributed by atoms with van der Waals surface area (Å²) in [5, 5.41) is 0.646. The van der Waals surface area contributed by atoms with Gasteiger partial charge in [-0.25, -0.2) is 14.4 Å². The molecule has 10 nitrogen and oxygen atoms in total. The molecule has 0 spiro atoms. The van der Waals surface area contributed by atoms with Crippen LogP contribution < -0.4 is 5.63 Å². The predicted octanol–water partition coefficient (Wildman–Crippen LogP) is 4.95. The van der Waals surface area contributed by atoms with Gasteiger partial charge in [0.15, 0.2) is 12.2 Å². The predicted molar refractivity (Wildman–Crippen MR) is 157 cm³/mol.